The fourth-order valence-corrected chi connectivity index (χ4v) is 4.92. The van der Waals surface area contributed by atoms with Gasteiger partial charge in [0.05, 0.1) is 18.8 Å². The molecule has 1 aliphatic carbocycles. The third-order valence-corrected chi connectivity index (χ3v) is 5.28. The molecule has 0 amide bonds. The summed E-state index contributed by atoms with van der Waals surface area (Å²) in [6.07, 6.45) is 4.86. The zero-order valence-electron chi connectivity index (χ0n) is 15.3. The first-order valence-corrected chi connectivity index (χ1v) is 9.25. The highest BCUT2D eigenvalue weighted by Gasteiger charge is 2.33. The minimum atomic E-state index is -0.349. The van der Waals surface area contributed by atoms with Gasteiger partial charge in [-0.25, -0.2) is 0 Å². The first kappa shape index (κ1) is 18.2. The second kappa shape index (κ2) is 7.63. The molecule has 0 aromatic rings. The van der Waals surface area contributed by atoms with Gasteiger partial charge in [0.2, 0.25) is 0 Å². The molecule has 1 saturated carbocycles. The van der Waals surface area contributed by atoms with Crippen LogP contribution in [0.15, 0.2) is 0 Å². The number of likely N-dealkylation sites (tertiary alicyclic amines) is 1. The summed E-state index contributed by atoms with van der Waals surface area (Å²) < 4.78 is 6.07. The van der Waals surface area contributed by atoms with Crippen molar-refractivity contribution in [1.29, 1.82) is 0 Å². The molecule has 1 N–H and O–H groups in total. The van der Waals surface area contributed by atoms with E-state index in [4.69, 9.17) is 4.74 Å². The molecule has 0 unspecified atom stereocenters. The molecular weight excluding hydrogens is 274 g/mol. The SMILES string of the molecule is C[C@@H]1C[C@H](C)CN(C[C@H](O)CO[C@@H]2C[C@@H](C)CC(C)(C)C2)C1. The van der Waals surface area contributed by atoms with Gasteiger partial charge in [-0.15, -0.1) is 0 Å². The van der Waals surface area contributed by atoms with Crippen LogP contribution in [0.4, 0.5) is 0 Å². The third-order valence-electron chi connectivity index (χ3n) is 5.28. The minimum Gasteiger partial charge on any atom is -0.389 e. The van der Waals surface area contributed by atoms with Gasteiger partial charge in [-0.3, -0.25) is 0 Å². The topological polar surface area (TPSA) is 32.7 Å². The Morgan fingerprint density at radius 1 is 1.05 bits per heavy atom. The predicted molar refractivity (Wildman–Crippen MR) is 91.9 cm³/mol. The summed E-state index contributed by atoms with van der Waals surface area (Å²) in [6.45, 7) is 15.1. The van der Waals surface area contributed by atoms with Crippen LogP contribution in [0.5, 0.6) is 0 Å². The number of hydrogen-bond acceptors (Lipinski definition) is 3. The first-order valence-electron chi connectivity index (χ1n) is 9.25. The maximum Gasteiger partial charge on any atom is 0.0900 e. The molecule has 3 nitrogen and oxygen atoms in total. The van der Waals surface area contributed by atoms with E-state index in [1.165, 1.54) is 12.8 Å². The lowest BCUT2D eigenvalue weighted by molar-refractivity contribution is -0.0641. The highest BCUT2D eigenvalue weighted by Crippen LogP contribution is 2.39. The first-order chi connectivity index (χ1) is 10.2. The van der Waals surface area contributed by atoms with E-state index in [1.807, 2.05) is 0 Å². The standard InChI is InChI=1S/C19H37NO2/c1-14-7-18(9-19(4,5)8-14)22-13-17(21)12-20-10-15(2)6-16(3)11-20/h14-18,21H,6-13H2,1-5H3/t14-,15-,16+,17+,18-/m1/s1. The number of piperidine rings is 1. The number of aliphatic hydroxyl groups is 1. The zero-order chi connectivity index (χ0) is 16.3. The van der Waals surface area contributed by atoms with Crippen molar-refractivity contribution in [1.82, 2.24) is 4.90 Å². The van der Waals surface area contributed by atoms with Crippen molar-refractivity contribution in [2.45, 2.75) is 72.5 Å². The van der Waals surface area contributed by atoms with E-state index in [1.54, 1.807) is 0 Å². The molecule has 130 valence electrons. The average molecular weight is 312 g/mol. The average Bonchev–Trinajstić information content (AvgIpc) is 2.32. The Hall–Kier alpha value is -0.120. The van der Waals surface area contributed by atoms with Crippen molar-refractivity contribution in [2.75, 3.05) is 26.2 Å². The van der Waals surface area contributed by atoms with Crippen LogP contribution in [0.2, 0.25) is 0 Å². The van der Waals surface area contributed by atoms with Gasteiger partial charge in [-0.1, -0.05) is 34.6 Å². The highest BCUT2D eigenvalue weighted by molar-refractivity contribution is 4.84. The van der Waals surface area contributed by atoms with Crippen molar-refractivity contribution in [3.63, 3.8) is 0 Å². The Kier molecular flexibility index (Phi) is 6.32. The second-order valence-corrected chi connectivity index (χ2v) is 9.19. The van der Waals surface area contributed by atoms with Crippen LogP contribution in [0, 0.1) is 23.2 Å². The van der Waals surface area contributed by atoms with E-state index < -0.39 is 0 Å². The van der Waals surface area contributed by atoms with Crippen LogP contribution in [0.3, 0.4) is 0 Å². The Morgan fingerprint density at radius 3 is 2.27 bits per heavy atom. The summed E-state index contributed by atoms with van der Waals surface area (Å²) in [4.78, 5) is 2.42. The molecule has 0 spiro atoms. The summed E-state index contributed by atoms with van der Waals surface area (Å²) in [7, 11) is 0. The smallest absolute Gasteiger partial charge is 0.0900 e. The van der Waals surface area contributed by atoms with E-state index >= 15 is 0 Å². The third kappa shape index (κ3) is 5.82. The molecule has 2 rings (SSSR count). The fraction of sp³-hybridized carbons (Fsp3) is 1.00. The number of aliphatic hydroxyl groups excluding tert-OH is 1. The van der Waals surface area contributed by atoms with Crippen molar-refractivity contribution >= 4 is 0 Å². The highest BCUT2D eigenvalue weighted by atomic mass is 16.5. The monoisotopic (exact) mass is 311 g/mol. The Morgan fingerprint density at radius 2 is 1.68 bits per heavy atom. The number of hydrogen-bond donors (Lipinski definition) is 1. The predicted octanol–water partition coefficient (Wildman–Crippen LogP) is 3.56. The normalized spacial score (nSPS) is 37.9. The maximum atomic E-state index is 10.3. The molecule has 2 fully saturated rings. The van der Waals surface area contributed by atoms with E-state index in [0.29, 0.717) is 18.1 Å². The van der Waals surface area contributed by atoms with Crippen LogP contribution in [0.1, 0.15) is 60.3 Å². The molecule has 1 aliphatic heterocycles. The molecule has 0 bridgehead atoms. The van der Waals surface area contributed by atoms with E-state index in [9.17, 15) is 5.11 Å². The molecule has 0 radical (unpaired) electrons. The van der Waals surface area contributed by atoms with E-state index in [0.717, 1.165) is 50.2 Å². The van der Waals surface area contributed by atoms with Crippen LogP contribution in [0.25, 0.3) is 0 Å². The number of nitrogens with zero attached hydrogens (tertiary/aromatic N) is 1. The summed E-state index contributed by atoms with van der Waals surface area (Å²) in [5.74, 6) is 2.23. The van der Waals surface area contributed by atoms with Gasteiger partial charge in [-0.05, 0) is 48.9 Å². The molecule has 3 heteroatoms. The Labute approximate surface area is 137 Å². The molecule has 1 heterocycles. The number of rotatable bonds is 5. The largest absolute Gasteiger partial charge is 0.389 e. The number of ether oxygens (including phenoxy) is 1. The van der Waals surface area contributed by atoms with Crippen LogP contribution in [-0.4, -0.2) is 48.5 Å². The van der Waals surface area contributed by atoms with Crippen molar-refractivity contribution in [3.05, 3.63) is 0 Å². The van der Waals surface area contributed by atoms with Gasteiger partial charge in [0.25, 0.3) is 0 Å². The van der Waals surface area contributed by atoms with Crippen LogP contribution >= 0.6 is 0 Å². The van der Waals surface area contributed by atoms with Gasteiger partial charge in [0.1, 0.15) is 0 Å². The lowest BCUT2D eigenvalue weighted by Crippen LogP contribution is -2.44. The Balaban J connectivity index is 1.72. The van der Waals surface area contributed by atoms with Crippen molar-refractivity contribution in [3.8, 4) is 0 Å². The molecule has 22 heavy (non-hydrogen) atoms. The molecule has 5 atom stereocenters. The summed E-state index contributed by atoms with van der Waals surface area (Å²) in [5, 5.41) is 10.3. The van der Waals surface area contributed by atoms with Crippen LogP contribution < -0.4 is 0 Å². The van der Waals surface area contributed by atoms with Gasteiger partial charge in [0.15, 0.2) is 0 Å². The fourth-order valence-electron chi connectivity index (χ4n) is 4.92. The lowest BCUT2D eigenvalue weighted by Gasteiger charge is -2.39. The molecular formula is C19H37NO2. The van der Waals surface area contributed by atoms with Gasteiger partial charge < -0.3 is 14.7 Å². The van der Waals surface area contributed by atoms with Gasteiger partial charge >= 0.3 is 0 Å². The van der Waals surface area contributed by atoms with E-state index in [2.05, 4.69) is 39.5 Å². The summed E-state index contributed by atoms with van der Waals surface area (Å²) >= 11 is 0. The van der Waals surface area contributed by atoms with Gasteiger partial charge in [0, 0.05) is 19.6 Å². The summed E-state index contributed by atoms with van der Waals surface area (Å²) in [5.41, 5.74) is 0.380. The molecule has 0 aromatic carbocycles. The Bertz CT molecular complexity index is 334. The van der Waals surface area contributed by atoms with Crippen molar-refractivity contribution in [2.24, 2.45) is 23.2 Å². The van der Waals surface area contributed by atoms with Crippen molar-refractivity contribution < 1.29 is 9.84 Å². The maximum absolute atomic E-state index is 10.3. The quantitative estimate of drug-likeness (QED) is 0.842. The van der Waals surface area contributed by atoms with Crippen LogP contribution in [-0.2, 0) is 4.74 Å². The summed E-state index contributed by atoms with van der Waals surface area (Å²) in [6, 6.07) is 0. The molecule has 0 aromatic heterocycles. The molecule has 2 aliphatic rings. The zero-order valence-corrected chi connectivity index (χ0v) is 15.3. The lowest BCUT2D eigenvalue weighted by atomic mass is 9.71. The minimum absolute atomic E-state index is 0.326. The second-order valence-electron chi connectivity index (χ2n) is 9.19. The van der Waals surface area contributed by atoms with E-state index in [-0.39, 0.29) is 6.10 Å². The molecule has 1 saturated heterocycles. The van der Waals surface area contributed by atoms with Gasteiger partial charge in [-0.2, -0.15) is 0 Å². The number of β-amino-alcohol motifs (C(OH)–C–C–N with tert-alkyl or cyclic N) is 1.